The molecular weight excluding hydrogens is 382 g/mol. The third kappa shape index (κ3) is 10.8. The first-order chi connectivity index (χ1) is 13.5. The van der Waals surface area contributed by atoms with Crippen LogP contribution in [0.1, 0.15) is 46.5 Å². The lowest BCUT2D eigenvalue weighted by Crippen LogP contribution is -2.58. The van der Waals surface area contributed by atoms with E-state index in [-0.39, 0.29) is 12.3 Å². The Bertz CT molecular complexity index is 557. The lowest BCUT2D eigenvalue weighted by molar-refractivity contribution is -0.142. The number of unbranched alkanes of at least 4 members (excludes halogenated alkanes) is 1. The maximum Gasteiger partial charge on any atom is 0.325 e. The Morgan fingerprint density at radius 1 is 0.897 bits per heavy atom. The fourth-order valence-corrected chi connectivity index (χ4v) is 2.46. The highest BCUT2D eigenvalue weighted by atomic mass is 16.4. The standard InChI is InChI=1S/C18H35N5O6/c1-10(2)8-13(16(26)21-11(3)18(28)29)22-17(27)14(9-24)23-15(25)12(20)6-4-5-7-19/h10-14,24H,4-9,19-20H2,1-3H3,(H,21,26)(H,22,27)(H,23,25)(H,28,29). The van der Waals surface area contributed by atoms with Gasteiger partial charge in [-0.05, 0) is 38.6 Å². The van der Waals surface area contributed by atoms with Crippen molar-refractivity contribution in [2.45, 2.75) is 70.6 Å². The third-order valence-corrected chi connectivity index (χ3v) is 4.19. The summed E-state index contributed by atoms with van der Waals surface area (Å²) in [4.78, 5) is 47.9. The van der Waals surface area contributed by atoms with Crippen molar-refractivity contribution in [3.8, 4) is 0 Å². The number of nitrogens with two attached hydrogens (primary N) is 2. The highest BCUT2D eigenvalue weighted by Crippen LogP contribution is 2.06. The van der Waals surface area contributed by atoms with E-state index in [0.717, 1.165) is 0 Å². The second kappa shape index (κ2) is 13.9. The predicted molar refractivity (Wildman–Crippen MR) is 107 cm³/mol. The average Bonchev–Trinajstić information content (AvgIpc) is 2.64. The second-order valence-corrected chi connectivity index (χ2v) is 7.39. The van der Waals surface area contributed by atoms with E-state index in [9.17, 15) is 24.3 Å². The summed E-state index contributed by atoms with van der Waals surface area (Å²) >= 11 is 0. The van der Waals surface area contributed by atoms with Gasteiger partial charge >= 0.3 is 5.97 Å². The van der Waals surface area contributed by atoms with Gasteiger partial charge in [0.05, 0.1) is 12.6 Å². The molecule has 0 saturated heterocycles. The van der Waals surface area contributed by atoms with Gasteiger partial charge in [0.25, 0.3) is 0 Å². The first-order valence-electron chi connectivity index (χ1n) is 9.73. The number of hydrogen-bond acceptors (Lipinski definition) is 7. The molecule has 0 aliphatic rings. The minimum absolute atomic E-state index is 0.0179. The SMILES string of the molecule is CC(C)CC(NC(=O)C(CO)NC(=O)C(N)CCCCN)C(=O)NC(C)C(=O)O. The molecule has 0 aliphatic heterocycles. The predicted octanol–water partition coefficient (Wildman–Crippen LogP) is -1.96. The fourth-order valence-electron chi connectivity index (χ4n) is 2.46. The molecule has 4 unspecified atom stereocenters. The summed E-state index contributed by atoms with van der Waals surface area (Å²) in [6.07, 6.45) is 1.99. The molecule has 0 aromatic heterocycles. The quantitative estimate of drug-likeness (QED) is 0.158. The Morgan fingerprint density at radius 2 is 1.45 bits per heavy atom. The lowest BCUT2D eigenvalue weighted by atomic mass is 10.0. The smallest absolute Gasteiger partial charge is 0.325 e. The van der Waals surface area contributed by atoms with E-state index in [1.54, 1.807) is 0 Å². The van der Waals surface area contributed by atoms with E-state index in [0.29, 0.717) is 25.8 Å². The molecule has 9 N–H and O–H groups in total. The zero-order valence-corrected chi connectivity index (χ0v) is 17.3. The zero-order chi connectivity index (χ0) is 22.6. The molecule has 11 heteroatoms. The lowest BCUT2D eigenvalue weighted by Gasteiger charge is -2.24. The molecule has 168 valence electrons. The molecule has 0 aromatic rings. The Hall–Kier alpha value is -2.24. The molecule has 0 aromatic carbocycles. The molecule has 0 saturated carbocycles. The van der Waals surface area contributed by atoms with E-state index in [1.807, 2.05) is 13.8 Å². The summed E-state index contributed by atoms with van der Waals surface area (Å²) in [5.41, 5.74) is 11.2. The Balaban J connectivity index is 4.98. The number of hydrogen-bond donors (Lipinski definition) is 7. The van der Waals surface area contributed by atoms with Gasteiger partial charge in [-0.25, -0.2) is 0 Å². The van der Waals surface area contributed by atoms with Crippen LogP contribution in [0.2, 0.25) is 0 Å². The molecule has 0 aliphatic carbocycles. The molecule has 0 heterocycles. The number of nitrogens with one attached hydrogen (secondary N) is 3. The third-order valence-electron chi connectivity index (χ3n) is 4.19. The van der Waals surface area contributed by atoms with Gasteiger partial charge in [0.1, 0.15) is 18.1 Å². The number of aliphatic hydroxyl groups excluding tert-OH is 1. The number of aliphatic carboxylic acids is 1. The van der Waals surface area contributed by atoms with Crippen LogP contribution < -0.4 is 27.4 Å². The molecule has 0 rings (SSSR count). The average molecular weight is 418 g/mol. The fraction of sp³-hybridized carbons (Fsp3) is 0.778. The van der Waals surface area contributed by atoms with E-state index in [4.69, 9.17) is 16.6 Å². The van der Waals surface area contributed by atoms with Crippen molar-refractivity contribution < 1.29 is 29.4 Å². The van der Waals surface area contributed by atoms with Crippen LogP contribution in [0, 0.1) is 5.92 Å². The van der Waals surface area contributed by atoms with Gasteiger partial charge in [0.2, 0.25) is 17.7 Å². The molecule has 0 bridgehead atoms. The highest BCUT2D eigenvalue weighted by Gasteiger charge is 2.29. The van der Waals surface area contributed by atoms with Crippen LogP contribution in [-0.4, -0.2) is 71.2 Å². The van der Waals surface area contributed by atoms with Gasteiger partial charge in [0.15, 0.2) is 0 Å². The Labute approximate surface area is 171 Å². The molecule has 0 fully saturated rings. The van der Waals surface area contributed by atoms with Crippen molar-refractivity contribution in [3.63, 3.8) is 0 Å². The van der Waals surface area contributed by atoms with E-state index < -0.39 is 54.5 Å². The molecule has 0 spiro atoms. The van der Waals surface area contributed by atoms with Gasteiger partial charge in [-0.15, -0.1) is 0 Å². The summed E-state index contributed by atoms with van der Waals surface area (Å²) in [5.74, 6) is -3.22. The van der Waals surface area contributed by atoms with Crippen LogP contribution >= 0.6 is 0 Å². The van der Waals surface area contributed by atoms with Crippen LogP contribution in [0.4, 0.5) is 0 Å². The van der Waals surface area contributed by atoms with Crippen LogP contribution in [-0.2, 0) is 19.2 Å². The zero-order valence-electron chi connectivity index (χ0n) is 17.3. The molecule has 11 nitrogen and oxygen atoms in total. The largest absolute Gasteiger partial charge is 0.480 e. The second-order valence-electron chi connectivity index (χ2n) is 7.39. The van der Waals surface area contributed by atoms with Crippen molar-refractivity contribution in [3.05, 3.63) is 0 Å². The first-order valence-corrected chi connectivity index (χ1v) is 9.73. The first kappa shape index (κ1) is 26.8. The number of carbonyl (C=O) groups excluding carboxylic acids is 3. The van der Waals surface area contributed by atoms with E-state index in [1.165, 1.54) is 6.92 Å². The van der Waals surface area contributed by atoms with Crippen LogP contribution in [0.3, 0.4) is 0 Å². The molecule has 4 atom stereocenters. The van der Waals surface area contributed by atoms with Crippen molar-refractivity contribution in [2.24, 2.45) is 17.4 Å². The van der Waals surface area contributed by atoms with Crippen molar-refractivity contribution in [1.82, 2.24) is 16.0 Å². The molecular formula is C18H35N5O6. The van der Waals surface area contributed by atoms with Gasteiger partial charge in [-0.2, -0.15) is 0 Å². The van der Waals surface area contributed by atoms with Gasteiger partial charge in [-0.1, -0.05) is 20.3 Å². The maximum atomic E-state index is 12.5. The minimum Gasteiger partial charge on any atom is -0.480 e. The topological polar surface area (TPSA) is 197 Å². The van der Waals surface area contributed by atoms with Gasteiger partial charge < -0.3 is 37.6 Å². The van der Waals surface area contributed by atoms with Gasteiger partial charge in [-0.3, -0.25) is 19.2 Å². The number of aliphatic hydroxyl groups is 1. The summed E-state index contributed by atoms with van der Waals surface area (Å²) < 4.78 is 0. The number of carbonyl (C=O) groups is 4. The summed E-state index contributed by atoms with van der Waals surface area (Å²) in [7, 11) is 0. The van der Waals surface area contributed by atoms with E-state index >= 15 is 0 Å². The van der Waals surface area contributed by atoms with Crippen molar-refractivity contribution in [1.29, 1.82) is 0 Å². The monoisotopic (exact) mass is 417 g/mol. The number of amides is 3. The van der Waals surface area contributed by atoms with Crippen LogP contribution in [0.15, 0.2) is 0 Å². The summed E-state index contributed by atoms with van der Waals surface area (Å²) in [6.45, 7) is 4.76. The Kier molecular flexibility index (Phi) is 12.8. The normalized spacial score (nSPS) is 15.1. The summed E-state index contributed by atoms with van der Waals surface area (Å²) in [6, 6.07) is -4.29. The van der Waals surface area contributed by atoms with Gasteiger partial charge in [0, 0.05) is 0 Å². The molecule has 3 amide bonds. The maximum absolute atomic E-state index is 12.5. The highest BCUT2D eigenvalue weighted by molar-refractivity contribution is 5.94. The number of rotatable bonds is 14. The van der Waals surface area contributed by atoms with Crippen molar-refractivity contribution in [2.75, 3.05) is 13.2 Å². The Morgan fingerprint density at radius 3 is 1.93 bits per heavy atom. The minimum atomic E-state index is -1.29. The van der Waals surface area contributed by atoms with Crippen LogP contribution in [0.25, 0.3) is 0 Å². The van der Waals surface area contributed by atoms with E-state index in [2.05, 4.69) is 16.0 Å². The van der Waals surface area contributed by atoms with Crippen LogP contribution in [0.5, 0.6) is 0 Å². The molecule has 0 radical (unpaired) electrons. The number of carboxylic acids is 1. The summed E-state index contributed by atoms with van der Waals surface area (Å²) in [5, 5.41) is 25.5. The number of carboxylic acid groups (broad SMARTS) is 1. The molecule has 29 heavy (non-hydrogen) atoms. The van der Waals surface area contributed by atoms with Crippen molar-refractivity contribution >= 4 is 23.7 Å².